The maximum absolute atomic E-state index is 12.3. The van der Waals surface area contributed by atoms with Gasteiger partial charge in [-0.2, -0.15) is 0 Å². The summed E-state index contributed by atoms with van der Waals surface area (Å²) in [5, 5.41) is 14.6. The van der Waals surface area contributed by atoms with Gasteiger partial charge in [-0.3, -0.25) is 14.9 Å². The standard InChI is InChI=1S/C17H13ClN2O4/c1-10(16-9-11-4-2-3-5-15(11)24-16)19-17(21)12-6-7-13(18)14(8-12)20(22)23/h2-10H,1H3,(H,19,21)/t10-/m1/s1. The van der Waals surface area contributed by atoms with Crippen LogP contribution in [-0.2, 0) is 0 Å². The van der Waals surface area contributed by atoms with Crippen LogP contribution in [0.1, 0.15) is 29.1 Å². The Kier molecular flexibility index (Phi) is 4.22. The number of nitrogens with one attached hydrogen (secondary N) is 1. The van der Waals surface area contributed by atoms with Gasteiger partial charge in [0.1, 0.15) is 16.4 Å². The Morgan fingerprint density at radius 2 is 2.00 bits per heavy atom. The molecule has 1 aromatic heterocycles. The molecule has 0 unspecified atom stereocenters. The fourth-order valence-corrected chi connectivity index (χ4v) is 2.55. The molecule has 1 heterocycles. The van der Waals surface area contributed by atoms with E-state index in [2.05, 4.69) is 5.32 Å². The number of amides is 1. The number of nitro benzene ring substituents is 1. The molecule has 0 spiro atoms. The molecule has 3 rings (SSSR count). The summed E-state index contributed by atoms with van der Waals surface area (Å²) in [5.41, 5.74) is 0.588. The van der Waals surface area contributed by atoms with E-state index in [-0.39, 0.29) is 22.3 Å². The molecular weight excluding hydrogens is 332 g/mol. The van der Waals surface area contributed by atoms with Crippen molar-refractivity contribution < 1.29 is 14.1 Å². The number of benzene rings is 2. The smallest absolute Gasteiger partial charge is 0.288 e. The van der Waals surface area contributed by atoms with Crippen LogP contribution in [0.5, 0.6) is 0 Å². The van der Waals surface area contributed by atoms with Gasteiger partial charge in [-0.15, -0.1) is 0 Å². The lowest BCUT2D eigenvalue weighted by Crippen LogP contribution is -2.26. The summed E-state index contributed by atoms with van der Waals surface area (Å²) in [6, 6.07) is 12.9. The number of halogens is 1. The Balaban J connectivity index is 1.81. The highest BCUT2D eigenvalue weighted by Crippen LogP contribution is 2.26. The highest BCUT2D eigenvalue weighted by atomic mass is 35.5. The summed E-state index contributed by atoms with van der Waals surface area (Å²) >= 11 is 5.75. The van der Waals surface area contributed by atoms with Crippen LogP contribution in [0, 0.1) is 10.1 Å². The number of nitro groups is 1. The average Bonchev–Trinajstić information content (AvgIpc) is 2.99. The first-order valence-corrected chi connectivity index (χ1v) is 7.57. The number of nitrogens with zero attached hydrogens (tertiary/aromatic N) is 1. The second-order valence-corrected chi connectivity index (χ2v) is 5.71. The Labute approximate surface area is 142 Å². The molecule has 0 aliphatic heterocycles. The predicted molar refractivity (Wildman–Crippen MR) is 90.2 cm³/mol. The lowest BCUT2D eigenvalue weighted by atomic mass is 10.1. The Morgan fingerprint density at radius 1 is 1.25 bits per heavy atom. The number of para-hydroxylation sites is 1. The third kappa shape index (κ3) is 3.09. The van der Waals surface area contributed by atoms with Gasteiger partial charge in [0.05, 0.1) is 11.0 Å². The summed E-state index contributed by atoms with van der Waals surface area (Å²) in [4.78, 5) is 22.6. The average molecular weight is 345 g/mol. The van der Waals surface area contributed by atoms with Crippen molar-refractivity contribution in [1.82, 2.24) is 5.32 Å². The lowest BCUT2D eigenvalue weighted by Gasteiger charge is -2.11. The van der Waals surface area contributed by atoms with Gasteiger partial charge in [0.15, 0.2) is 0 Å². The molecule has 24 heavy (non-hydrogen) atoms. The molecule has 0 bridgehead atoms. The number of furan rings is 1. The summed E-state index contributed by atoms with van der Waals surface area (Å²) in [5.74, 6) is 0.163. The van der Waals surface area contributed by atoms with E-state index in [0.29, 0.717) is 5.76 Å². The summed E-state index contributed by atoms with van der Waals surface area (Å²) in [6.07, 6.45) is 0. The van der Waals surface area contributed by atoms with Gasteiger partial charge < -0.3 is 9.73 Å². The molecule has 1 N–H and O–H groups in total. The molecule has 122 valence electrons. The number of hydrogen-bond acceptors (Lipinski definition) is 4. The second-order valence-electron chi connectivity index (χ2n) is 5.31. The molecule has 2 aromatic carbocycles. The number of fused-ring (bicyclic) bond motifs is 1. The van der Waals surface area contributed by atoms with E-state index in [0.717, 1.165) is 17.0 Å². The molecule has 0 fully saturated rings. The van der Waals surface area contributed by atoms with Crippen LogP contribution in [0.2, 0.25) is 5.02 Å². The van der Waals surface area contributed by atoms with Gasteiger partial charge in [-0.25, -0.2) is 0 Å². The van der Waals surface area contributed by atoms with E-state index in [1.807, 2.05) is 30.3 Å². The van der Waals surface area contributed by atoms with Crippen molar-refractivity contribution in [2.45, 2.75) is 13.0 Å². The molecule has 0 radical (unpaired) electrons. The van der Waals surface area contributed by atoms with Crippen LogP contribution in [0.3, 0.4) is 0 Å². The van der Waals surface area contributed by atoms with Crippen molar-refractivity contribution in [2.75, 3.05) is 0 Å². The summed E-state index contributed by atoms with van der Waals surface area (Å²) in [7, 11) is 0. The molecule has 0 aliphatic rings. The van der Waals surface area contributed by atoms with Crippen LogP contribution < -0.4 is 5.32 Å². The largest absolute Gasteiger partial charge is 0.459 e. The van der Waals surface area contributed by atoms with Gasteiger partial charge in [-0.1, -0.05) is 29.8 Å². The number of carbonyl (C=O) groups excluding carboxylic acids is 1. The monoisotopic (exact) mass is 344 g/mol. The Hall–Kier alpha value is -2.86. The fourth-order valence-electron chi connectivity index (χ4n) is 2.36. The molecule has 3 aromatic rings. The normalized spacial score (nSPS) is 12.1. The first-order chi connectivity index (χ1) is 11.5. The molecular formula is C17H13ClN2O4. The third-order valence-corrected chi connectivity index (χ3v) is 3.94. The Morgan fingerprint density at radius 3 is 2.71 bits per heavy atom. The SMILES string of the molecule is C[C@@H](NC(=O)c1ccc(Cl)c([N+](=O)[O-])c1)c1cc2ccccc2o1. The van der Waals surface area contributed by atoms with Gasteiger partial charge in [0.2, 0.25) is 0 Å². The lowest BCUT2D eigenvalue weighted by molar-refractivity contribution is -0.384. The topological polar surface area (TPSA) is 85.4 Å². The molecule has 7 heteroatoms. The van der Waals surface area contributed by atoms with Crippen molar-refractivity contribution in [2.24, 2.45) is 0 Å². The minimum Gasteiger partial charge on any atom is -0.459 e. The van der Waals surface area contributed by atoms with E-state index in [4.69, 9.17) is 16.0 Å². The molecule has 1 atom stereocenters. The van der Waals surface area contributed by atoms with Crippen molar-refractivity contribution in [1.29, 1.82) is 0 Å². The maximum Gasteiger partial charge on any atom is 0.288 e. The van der Waals surface area contributed by atoms with Crippen molar-refractivity contribution in [3.63, 3.8) is 0 Å². The molecule has 6 nitrogen and oxygen atoms in total. The first-order valence-electron chi connectivity index (χ1n) is 7.19. The van der Waals surface area contributed by atoms with Gasteiger partial charge in [0, 0.05) is 17.0 Å². The van der Waals surface area contributed by atoms with Crippen LogP contribution in [0.15, 0.2) is 52.9 Å². The zero-order valence-corrected chi connectivity index (χ0v) is 13.4. The highest BCUT2D eigenvalue weighted by molar-refractivity contribution is 6.32. The van der Waals surface area contributed by atoms with Crippen molar-refractivity contribution >= 4 is 34.2 Å². The van der Waals surface area contributed by atoms with E-state index in [9.17, 15) is 14.9 Å². The zero-order valence-electron chi connectivity index (χ0n) is 12.7. The van der Waals surface area contributed by atoms with Gasteiger partial charge in [0.25, 0.3) is 11.6 Å². The van der Waals surface area contributed by atoms with Crippen LogP contribution in [0.25, 0.3) is 11.0 Å². The Bertz CT molecular complexity index is 902. The van der Waals surface area contributed by atoms with E-state index in [1.54, 1.807) is 6.92 Å². The van der Waals surface area contributed by atoms with E-state index < -0.39 is 10.8 Å². The van der Waals surface area contributed by atoms with Crippen LogP contribution >= 0.6 is 11.6 Å². The van der Waals surface area contributed by atoms with Gasteiger partial charge in [-0.05, 0) is 31.2 Å². The summed E-state index contributed by atoms with van der Waals surface area (Å²) in [6.45, 7) is 1.78. The second kappa shape index (κ2) is 6.33. The quantitative estimate of drug-likeness (QED) is 0.558. The molecule has 0 aliphatic carbocycles. The van der Waals surface area contributed by atoms with E-state index >= 15 is 0 Å². The van der Waals surface area contributed by atoms with Crippen molar-refractivity contribution in [3.05, 3.63) is 75.0 Å². The molecule has 0 saturated carbocycles. The summed E-state index contributed by atoms with van der Waals surface area (Å²) < 4.78 is 5.70. The molecule has 1 amide bonds. The van der Waals surface area contributed by atoms with Crippen molar-refractivity contribution in [3.8, 4) is 0 Å². The molecule has 0 saturated heterocycles. The zero-order chi connectivity index (χ0) is 17.3. The fraction of sp³-hybridized carbons (Fsp3) is 0.118. The number of rotatable bonds is 4. The third-order valence-electron chi connectivity index (χ3n) is 3.62. The van der Waals surface area contributed by atoms with Gasteiger partial charge >= 0.3 is 0 Å². The number of hydrogen-bond donors (Lipinski definition) is 1. The first kappa shape index (κ1) is 16.0. The number of carbonyl (C=O) groups is 1. The van der Waals surface area contributed by atoms with Crippen LogP contribution in [-0.4, -0.2) is 10.8 Å². The van der Waals surface area contributed by atoms with Crippen LogP contribution in [0.4, 0.5) is 5.69 Å². The maximum atomic E-state index is 12.3. The van der Waals surface area contributed by atoms with E-state index in [1.165, 1.54) is 12.1 Å². The highest BCUT2D eigenvalue weighted by Gasteiger charge is 2.19. The minimum absolute atomic E-state index is 0.0121. The minimum atomic E-state index is -0.623. The predicted octanol–water partition coefficient (Wildman–Crippen LogP) is 4.49.